The summed E-state index contributed by atoms with van der Waals surface area (Å²) in [7, 11) is 0. The minimum absolute atomic E-state index is 0.0413. The van der Waals surface area contributed by atoms with Gasteiger partial charge in [0.15, 0.2) is 0 Å². The van der Waals surface area contributed by atoms with E-state index in [4.69, 9.17) is 5.11 Å². The summed E-state index contributed by atoms with van der Waals surface area (Å²) in [6.45, 7) is 6.46. The highest BCUT2D eigenvalue weighted by Gasteiger charge is 2.14. The summed E-state index contributed by atoms with van der Waals surface area (Å²) >= 11 is 0. The van der Waals surface area contributed by atoms with E-state index < -0.39 is 12.0 Å². The van der Waals surface area contributed by atoms with Crippen LogP contribution in [-0.4, -0.2) is 41.0 Å². The number of nitrogens with one attached hydrogen (secondary N) is 1. The highest BCUT2D eigenvalue weighted by molar-refractivity contribution is 5.94. The Morgan fingerprint density at radius 1 is 1.26 bits per heavy atom. The van der Waals surface area contributed by atoms with Crippen LogP contribution in [0, 0.1) is 0 Å². The van der Waals surface area contributed by atoms with Crippen LogP contribution in [0.5, 0.6) is 0 Å². The molecule has 0 aromatic rings. The molecule has 0 aromatic heterocycles. The Morgan fingerprint density at radius 3 is 2.42 bits per heavy atom. The van der Waals surface area contributed by atoms with Crippen molar-refractivity contribution in [2.45, 2.75) is 39.0 Å². The number of hydrogen-bond acceptors (Lipinski definition) is 3. The van der Waals surface area contributed by atoms with E-state index in [1.807, 2.05) is 6.92 Å². The Labute approximate surface area is 113 Å². The summed E-state index contributed by atoms with van der Waals surface area (Å²) in [5.74, 6) is -1.25. The Morgan fingerprint density at radius 2 is 1.89 bits per heavy atom. The van der Waals surface area contributed by atoms with E-state index in [0.717, 1.165) is 6.42 Å². The molecule has 0 heterocycles. The predicted octanol–water partition coefficient (Wildman–Crippen LogP) is 1.77. The van der Waals surface area contributed by atoms with Crippen molar-refractivity contribution < 1.29 is 19.5 Å². The van der Waals surface area contributed by atoms with Gasteiger partial charge in [0.05, 0.1) is 0 Å². The zero-order valence-corrected chi connectivity index (χ0v) is 11.4. The van der Waals surface area contributed by atoms with Gasteiger partial charge in [-0.25, -0.2) is 4.79 Å². The monoisotopic (exact) mass is 270 g/mol. The van der Waals surface area contributed by atoms with E-state index in [0.29, 0.717) is 25.9 Å². The fourth-order valence-corrected chi connectivity index (χ4v) is 1.52. The molecule has 108 valence electrons. The van der Waals surface area contributed by atoms with Crippen LogP contribution >= 0.6 is 0 Å². The van der Waals surface area contributed by atoms with E-state index in [1.54, 1.807) is 6.08 Å². The van der Waals surface area contributed by atoms with Gasteiger partial charge >= 0.3 is 12.0 Å². The number of rotatable bonds is 9. The van der Waals surface area contributed by atoms with Crippen LogP contribution in [0.2, 0.25) is 0 Å². The highest BCUT2D eigenvalue weighted by Crippen LogP contribution is 2.00. The molecule has 6 nitrogen and oxygen atoms in total. The molecule has 0 fully saturated rings. The molecule has 0 aliphatic rings. The molecule has 2 N–H and O–H groups in total. The first-order valence-electron chi connectivity index (χ1n) is 6.42. The number of carbonyl (C=O) groups excluding carboxylic acids is 2. The van der Waals surface area contributed by atoms with Crippen LogP contribution < -0.4 is 5.32 Å². The van der Waals surface area contributed by atoms with E-state index in [-0.39, 0.29) is 18.7 Å². The van der Waals surface area contributed by atoms with Crippen molar-refractivity contribution in [3.63, 3.8) is 0 Å². The Kier molecular flexibility index (Phi) is 9.12. The van der Waals surface area contributed by atoms with Crippen LogP contribution in [0.25, 0.3) is 0 Å². The Hall–Kier alpha value is -1.85. The van der Waals surface area contributed by atoms with Crippen molar-refractivity contribution in [1.82, 2.24) is 10.2 Å². The smallest absolute Gasteiger partial charge is 0.324 e. The number of carboxylic acid groups (broad SMARTS) is 1. The number of urea groups is 1. The molecule has 0 radical (unpaired) electrons. The highest BCUT2D eigenvalue weighted by atomic mass is 16.4. The molecule has 0 rings (SSSR count). The third-order valence-corrected chi connectivity index (χ3v) is 2.42. The average Bonchev–Trinajstić information content (AvgIpc) is 2.34. The maximum absolute atomic E-state index is 11.7. The number of carbonyl (C=O) groups is 3. The van der Waals surface area contributed by atoms with Gasteiger partial charge < -0.3 is 10.0 Å². The molecular weight excluding hydrogens is 248 g/mol. The first-order valence-corrected chi connectivity index (χ1v) is 6.42. The quantitative estimate of drug-likeness (QED) is 0.494. The van der Waals surface area contributed by atoms with Gasteiger partial charge in [-0.05, 0) is 19.3 Å². The zero-order valence-electron chi connectivity index (χ0n) is 11.4. The van der Waals surface area contributed by atoms with E-state index >= 15 is 0 Å². The van der Waals surface area contributed by atoms with Gasteiger partial charge in [-0.15, -0.1) is 6.58 Å². The first kappa shape index (κ1) is 17.2. The normalized spacial score (nSPS) is 9.74. The fraction of sp³-hybridized carbons (Fsp3) is 0.615. The van der Waals surface area contributed by atoms with Crippen LogP contribution in [0.15, 0.2) is 12.7 Å². The molecule has 0 aliphatic carbocycles. The van der Waals surface area contributed by atoms with E-state index in [9.17, 15) is 14.4 Å². The second-order valence-corrected chi connectivity index (χ2v) is 4.19. The van der Waals surface area contributed by atoms with Gasteiger partial charge in [-0.1, -0.05) is 13.0 Å². The van der Waals surface area contributed by atoms with Crippen LogP contribution in [0.1, 0.15) is 39.0 Å². The van der Waals surface area contributed by atoms with Crippen LogP contribution in [0.3, 0.4) is 0 Å². The standard InChI is InChI=1S/C13H22N2O4/c1-3-9-15(10-4-2)13(19)14-11(16)7-5-6-8-12(17)18/h3H,1,4-10H2,2H3,(H,17,18)(H,14,16,19). The van der Waals surface area contributed by atoms with Crippen LogP contribution in [-0.2, 0) is 9.59 Å². The third-order valence-electron chi connectivity index (χ3n) is 2.42. The molecule has 0 saturated heterocycles. The maximum atomic E-state index is 11.7. The number of amides is 3. The second kappa shape index (κ2) is 10.1. The minimum atomic E-state index is -0.878. The van der Waals surface area contributed by atoms with Crippen molar-refractivity contribution >= 4 is 17.9 Å². The molecule has 19 heavy (non-hydrogen) atoms. The third kappa shape index (κ3) is 8.82. The van der Waals surface area contributed by atoms with E-state index in [2.05, 4.69) is 11.9 Å². The van der Waals surface area contributed by atoms with Crippen LogP contribution in [0.4, 0.5) is 4.79 Å². The molecule has 0 aromatic carbocycles. The van der Waals surface area contributed by atoms with Crippen molar-refractivity contribution in [3.05, 3.63) is 12.7 Å². The van der Waals surface area contributed by atoms with Gasteiger partial charge in [0.1, 0.15) is 0 Å². The molecular formula is C13H22N2O4. The summed E-state index contributed by atoms with van der Waals surface area (Å²) in [6.07, 6.45) is 3.50. The molecule has 0 spiro atoms. The summed E-state index contributed by atoms with van der Waals surface area (Å²) in [5.41, 5.74) is 0. The van der Waals surface area contributed by atoms with Gasteiger partial charge in [0.25, 0.3) is 0 Å². The average molecular weight is 270 g/mol. The van der Waals surface area contributed by atoms with Gasteiger partial charge in [0, 0.05) is 25.9 Å². The van der Waals surface area contributed by atoms with Crippen molar-refractivity contribution in [3.8, 4) is 0 Å². The number of imide groups is 1. The van der Waals surface area contributed by atoms with E-state index in [1.165, 1.54) is 4.90 Å². The maximum Gasteiger partial charge on any atom is 0.324 e. The SMILES string of the molecule is C=CCN(CCC)C(=O)NC(=O)CCCCC(=O)O. The fourth-order valence-electron chi connectivity index (χ4n) is 1.52. The molecule has 6 heteroatoms. The lowest BCUT2D eigenvalue weighted by atomic mass is 10.2. The number of carboxylic acids is 1. The first-order chi connectivity index (χ1) is 9.01. The number of nitrogens with zero attached hydrogens (tertiary/aromatic N) is 1. The predicted molar refractivity (Wildman–Crippen MR) is 71.7 cm³/mol. The molecule has 0 bridgehead atoms. The molecule has 0 saturated carbocycles. The lowest BCUT2D eigenvalue weighted by Crippen LogP contribution is -2.43. The van der Waals surface area contributed by atoms with Gasteiger partial charge in [0.2, 0.25) is 5.91 Å². The largest absolute Gasteiger partial charge is 0.481 e. The lowest BCUT2D eigenvalue weighted by molar-refractivity contribution is -0.137. The minimum Gasteiger partial charge on any atom is -0.481 e. The molecule has 0 unspecified atom stereocenters. The molecule has 0 atom stereocenters. The summed E-state index contributed by atoms with van der Waals surface area (Å²) < 4.78 is 0. The van der Waals surface area contributed by atoms with Crippen molar-refractivity contribution in [2.24, 2.45) is 0 Å². The number of hydrogen-bond donors (Lipinski definition) is 2. The van der Waals surface area contributed by atoms with Crippen molar-refractivity contribution in [2.75, 3.05) is 13.1 Å². The zero-order chi connectivity index (χ0) is 14.7. The topological polar surface area (TPSA) is 86.7 Å². The lowest BCUT2D eigenvalue weighted by Gasteiger charge is -2.20. The molecule has 3 amide bonds. The van der Waals surface area contributed by atoms with Gasteiger partial charge in [-0.3, -0.25) is 14.9 Å². The number of unbranched alkanes of at least 4 members (excludes halogenated alkanes) is 1. The molecule has 0 aliphatic heterocycles. The Balaban J connectivity index is 3.98. The van der Waals surface area contributed by atoms with Crippen molar-refractivity contribution in [1.29, 1.82) is 0 Å². The summed E-state index contributed by atoms with van der Waals surface area (Å²) in [5, 5.41) is 10.7. The summed E-state index contributed by atoms with van der Waals surface area (Å²) in [6, 6.07) is -0.426. The second-order valence-electron chi connectivity index (χ2n) is 4.19. The Bertz CT molecular complexity index is 329. The van der Waals surface area contributed by atoms with Gasteiger partial charge in [-0.2, -0.15) is 0 Å². The number of aliphatic carboxylic acids is 1. The summed E-state index contributed by atoms with van der Waals surface area (Å²) in [4.78, 5) is 35.0.